The van der Waals surface area contributed by atoms with E-state index in [0.29, 0.717) is 26.0 Å². The van der Waals surface area contributed by atoms with E-state index in [9.17, 15) is 9.18 Å². The average molecular weight is 308 g/mol. The Morgan fingerprint density at radius 2 is 2.23 bits per heavy atom. The largest absolute Gasteiger partial charge is 0.378 e. The van der Waals surface area contributed by atoms with Gasteiger partial charge in [-0.3, -0.25) is 4.79 Å². The van der Waals surface area contributed by atoms with Gasteiger partial charge < -0.3 is 15.8 Å². The van der Waals surface area contributed by atoms with Gasteiger partial charge in [0.05, 0.1) is 6.10 Å². The van der Waals surface area contributed by atoms with Gasteiger partial charge in [0, 0.05) is 25.0 Å². The van der Waals surface area contributed by atoms with Crippen molar-refractivity contribution in [2.75, 3.05) is 13.2 Å². The molecule has 0 heterocycles. The molecular weight excluding hydrogens is 283 g/mol. The predicted molar refractivity (Wildman–Crippen MR) is 83.8 cm³/mol. The number of amides is 1. The van der Waals surface area contributed by atoms with Crippen LogP contribution in [0.5, 0.6) is 0 Å². The zero-order valence-corrected chi connectivity index (χ0v) is 13.5. The summed E-state index contributed by atoms with van der Waals surface area (Å²) in [6.45, 7) is 6.92. The smallest absolute Gasteiger partial charge is 0.240 e. The summed E-state index contributed by atoms with van der Waals surface area (Å²) in [7, 11) is 0. The van der Waals surface area contributed by atoms with E-state index in [1.807, 2.05) is 26.8 Å². The number of carbonyl (C=O) groups is 1. The highest BCUT2D eigenvalue weighted by Crippen LogP contribution is 2.49. The van der Waals surface area contributed by atoms with Crippen molar-refractivity contribution in [3.05, 3.63) is 35.6 Å². The van der Waals surface area contributed by atoms with Gasteiger partial charge >= 0.3 is 0 Å². The van der Waals surface area contributed by atoms with Crippen LogP contribution in [0.4, 0.5) is 4.39 Å². The Labute approximate surface area is 131 Å². The molecule has 1 aliphatic carbocycles. The lowest BCUT2D eigenvalue weighted by Gasteiger charge is -2.57. The minimum atomic E-state index is -0.908. The van der Waals surface area contributed by atoms with Crippen LogP contribution in [0.1, 0.15) is 32.8 Å². The second kappa shape index (κ2) is 6.34. The van der Waals surface area contributed by atoms with Crippen molar-refractivity contribution in [2.45, 2.75) is 45.3 Å². The predicted octanol–water partition coefficient (Wildman–Crippen LogP) is 2.02. The molecule has 0 aliphatic heterocycles. The molecule has 5 heteroatoms. The van der Waals surface area contributed by atoms with Crippen LogP contribution in [0.15, 0.2) is 24.3 Å². The lowest BCUT2D eigenvalue weighted by atomic mass is 9.54. The minimum Gasteiger partial charge on any atom is -0.378 e. The third-order valence-electron chi connectivity index (χ3n) is 4.82. The first-order valence-electron chi connectivity index (χ1n) is 7.74. The van der Waals surface area contributed by atoms with Crippen molar-refractivity contribution in [3.8, 4) is 0 Å². The molecule has 1 aliphatic rings. The van der Waals surface area contributed by atoms with Crippen LogP contribution in [0, 0.1) is 11.2 Å². The minimum absolute atomic E-state index is 0.0106. The summed E-state index contributed by atoms with van der Waals surface area (Å²) in [6, 6.07) is 6.38. The zero-order valence-electron chi connectivity index (χ0n) is 13.5. The Morgan fingerprint density at radius 1 is 1.50 bits per heavy atom. The molecule has 2 atom stereocenters. The van der Waals surface area contributed by atoms with Crippen molar-refractivity contribution < 1.29 is 13.9 Å². The summed E-state index contributed by atoms with van der Waals surface area (Å²) >= 11 is 0. The topological polar surface area (TPSA) is 64.3 Å². The maximum absolute atomic E-state index is 13.1. The Morgan fingerprint density at radius 3 is 2.82 bits per heavy atom. The van der Waals surface area contributed by atoms with E-state index < -0.39 is 11.0 Å². The van der Waals surface area contributed by atoms with Gasteiger partial charge in [0.2, 0.25) is 5.91 Å². The van der Waals surface area contributed by atoms with Crippen LogP contribution in [-0.4, -0.2) is 30.7 Å². The monoisotopic (exact) mass is 308 g/mol. The summed E-state index contributed by atoms with van der Waals surface area (Å²) < 4.78 is 18.7. The number of hydrogen-bond donors (Lipinski definition) is 2. The third kappa shape index (κ3) is 3.01. The zero-order chi connectivity index (χ0) is 16.4. The van der Waals surface area contributed by atoms with Crippen molar-refractivity contribution in [3.63, 3.8) is 0 Å². The first-order chi connectivity index (χ1) is 10.3. The first kappa shape index (κ1) is 16.9. The lowest BCUT2D eigenvalue weighted by molar-refractivity contribution is -0.170. The van der Waals surface area contributed by atoms with Crippen molar-refractivity contribution in [1.82, 2.24) is 5.32 Å². The lowest BCUT2D eigenvalue weighted by Crippen LogP contribution is -2.75. The molecule has 3 N–H and O–H groups in total. The number of hydrogen-bond acceptors (Lipinski definition) is 3. The van der Waals surface area contributed by atoms with Crippen LogP contribution >= 0.6 is 0 Å². The van der Waals surface area contributed by atoms with Gasteiger partial charge in [-0.15, -0.1) is 0 Å². The first-order valence-corrected chi connectivity index (χ1v) is 7.74. The Balaban J connectivity index is 1.87. The standard InChI is InChI=1S/C17H25FN2O2/c1-4-22-14-11-17(19,16(14,2)3)15(21)20-9-8-12-6-5-7-13(18)10-12/h5-7,10,14H,4,8-9,11,19H2,1-3H3,(H,20,21). The fourth-order valence-corrected chi connectivity index (χ4v) is 2.99. The molecule has 4 nitrogen and oxygen atoms in total. The normalized spacial score (nSPS) is 26.3. The van der Waals surface area contributed by atoms with E-state index >= 15 is 0 Å². The van der Waals surface area contributed by atoms with Crippen LogP contribution in [0.2, 0.25) is 0 Å². The molecule has 1 saturated carbocycles. The van der Waals surface area contributed by atoms with Gasteiger partial charge in [-0.25, -0.2) is 4.39 Å². The number of nitrogens with one attached hydrogen (secondary N) is 1. The summed E-state index contributed by atoms with van der Waals surface area (Å²) in [5, 5.41) is 2.87. The maximum Gasteiger partial charge on any atom is 0.240 e. The molecule has 0 radical (unpaired) electrons. The van der Waals surface area contributed by atoms with Crippen LogP contribution < -0.4 is 11.1 Å². The number of nitrogens with two attached hydrogens (primary N) is 1. The molecule has 2 unspecified atom stereocenters. The fourth-order valence-electron chi connectivity index (χ4n) is 2.99. The van der Waals surface area contributed by atoms with E-state index in [1.165, 1.54) is 12.1 Å². The molecular formula is C17H25FN2O2. The molecule has 0 aromatic heterocycles. The molecule has 1 amide bonds. The molecule has 1 aromatic rings. The molecule has 0 bridgehead atoms. The molecule has 2 rings (SSSR count). The second-order valence-electron chi connectivity index (χ2n) is 6.48. The van der Waals surface area contributed by atoms with Crippen LogP contribution in [-0.2, 0) is 16.0 Å². The van der Waals surface area contributed by atoms with Crippen LogP contribution in [0.25, 0.3) is 0 Å². The SMILES string of the molecule is CCOC1CC(N)(C(=O)NCCc2cccc(F)c2)C1(C)C. The van der Waals surface area contributed by atoms with E-state index in [0.717, 1.165) is 5.56 Å². The molecule has 1 aromatic carbocycles. The van der Waals surface area contributed by atoms with Crippen molar-refractivity contribution in [2.24, 2.45) is 11.1 Å². The van der Waals surface area contributed by atoms with Gasteiger partial charge in [-0.05, 0) is 31.0 Å². The molecule has 0 spiro atoms. The number of ether oxygens (including phenoxy) is 1. The van der Waals surface area contributed by atoms with E-state index in [-0.39, 0.29) is 17.8 Å². The Bertz CT molecular complexity index is 547. The summed E-state index contributed by atoms with van der Waals surface area (Å²) in [5.41, 5.74) is 5.84. The van der Waals surface area contributed by atoms with Crippen molar-refractivity contribution >= 4 is 5.91 Å². The number of rotatable bonds is 6. The summed E-state index contributed by atoms with van der Waals surface area (Å²) in [4.78, 5) is 12.4. The quantitative estimate of drug-likeness (QED) is 0.845. The molecule has 0 saturated heterocycles. The fraction of sp³-hybridized carbons (Fsp3) is 0.588. The number of halogens is 1. The van der Waals surface area contributed by atoms with E-state index in [1.54, 1.807) is 6.07 Å². The van der Waals surface area contributed by atoms with Gasteiger partial charge in [0.25, 0.3) is 0 Å². The summed E-state index contributed by atoms with van der Waals surface area (Å²) in [6.07, 6.45) is 1.12. The van der Waals surface area contributed by atoms with Gasteiger partial charge in [-0.2, -0.15) is 0 Å². The third-order valence-corrected chi connectivity index (χ3v) is 4.82. The van der Waals surface area contributed by atoms with Gasteiger partial charge in [0.1, 0.15) is 11.4 Å². The Kier molecular flexibility index (Phi) is 4.87. The van der Waals surface area contributed by atoms with Crippen LogP contribution in [0.3, 0.4) is 0 Å². The summed E-state index contributed by atoms with van der Waals surface area (Å²) in [5.74, 6) is -0.427. The van der Waals surface area contributed by atoms with Gasteiger partial charge in [0.15, 0.2) is 0 Å². The van der Waals surface area contributed by atoms with Gasteiger partial charge in [-0.1, -0.05) is 26.0 Å². The highest BCUT2D eigenvalue weighted by atomic mass is 19.1. The molecule has 122 valence electrons. The number of carbonyl (C=O) groups excluding carboxylic acids is 1. The number of benzene rings is 1. The second-order valence-corrected chi connectivity index (χ2v) is 6.48. The highest BCUT2D eigenvalue weighted by molar-refractivity contribution is 5.88. The molecule has 22 heavy (non-hydrogen) atoms. The maximum atomic E-state index is 13.1. The van der Waals surface area contributed by atoms with E-state index in [2.05, 4.69) is 5.32 Å². The van der Waals surface area contributed by atoms with E-state index in [4.69, 9.17) is 10.5 Å². The van der Waals surface area contributed by atoms with Crippen molar-refractivity contribution in [1.29, 1.82) is 0 Å². The molecule has 1 fully saturated rings. The Hall–Kier alpha value is -1.46. The average Bonchev–Trinajstić information content (AvgIpc) is 2.46. The highest BCUT2D eigenvalue weighted by Gasteiger charge is 2.62.